The summed E-state index contributed by atoms with van der Waals surface area (Å²) < 4.78 is 0. The highest BCUT2D eigenvalue weighted by molar-refractivity contribution is 6.00. The smallest absolute Gasteiger partial charge is 0.226 e. The molecule has 2 heterocycles. The van der Waals surface area contributed by atoms with E-state index < -0.39 is 0 Å². The Bertz CT molecular complexity index is 825. The van der Waals surface area contributed by atoms with Crippen LogP contribution in [0.25, 0.3) is 11.1 Å². The molecule has 0 saturated heterocycles. The fourth-order valence-corrected chi connectivity index (χ4v) is 3.31. The van der Waals surface area contributed by atoms with Crippen LogP contribution in [0.4, 0.5) is 17.1 Å². The predicted molar refractivity (Wildman–Crippen MR) is 94.7 cm³/mol. The predicted octanol–water partition coefficient (Wildman–Crippen LogP) is 3.98. The molecule has 3 N–H and O–H groups in total. The van der Waals surface area contributed by atoms with E-state index in [2.05, 4.69) is 46.8 Å². The maximum atomic E-state index is 11.9. The number of anilines is 3. The fourth-order valence-electron chi connectivity index (χ4n) is 3.31. The lowest BCUT2D eigenvalue weighted by molar-refractivity contribution is -0.116. The quantitative estimate of drug-likeness (QED) is 0.747. The first-order valence-corrected chi connectivity index (χ1v) is 7.87. The first-order valence-electron chi connectivity index (χ1n) is 7.87. The van der Waals surface area contributed by atoms with Crippen molar-refractivity contribution in [1.82, 2.24) is 0 Å². The number of nitrogens with one attached hydrogen (secondary N) is 3. The summed E-state index contributed by atoms with van der Waals surface area (Å²) in [5, 5.41) is 9.80. The molecule has 0 aromatic heterocycles. The van der Waals surface area contributed by atoms with Crippen molar-refractivity contribution >= 4 is 23.0 Å². The highest BCUT2D eigenvalue weighted by Crippen LogP contribution is 2.39. The number of allylic oxidation sites excluding steroid dienone is 1. The molecule has 4 rings (SSSR count). The summed E-state index contributed by atoms with van der Waals surface area (Å²) >= 11 is 0. The highest BCUT2D eigenvalue weighted by atomic mass is 16.1. The number of amides is 1. The van der Waals surface area contributed by atoms with Crippen LogP contribution >= 0.6 is 0 Å². The lowest BCUT2D eigenvalue weighted by Crippen LogP contribution is -2.19. The van der Waals surface area contributed by atoms with Gasteiger partial charge in [-0.3, -0.25) is 4.79 Å². The number of rotatable bonds is 1. The second kappa shape index (κ2) is 5.16. The van der Waals surface area contributed by atoms with Crippen LogP contribution in [0, 0.1) is 0 Å². The van der Waals surface area contributed by atoms with Crippen molar-refractivity contribution in [1.29, 1.82) is 0 Å². The Morgan fingerprint density at radius 1 is 1.13 bits per heavy atom. The SMILES string of the molecule is C=C1Cc2ccc(-c3cccc4c3N[C@H](C)CC(=O)N4)cc2N1. The van der Waals surface area contributed by atoms with Gasteiger partial charge in [0.2, 0.25) is 5.91 Å². The van der Waals surface area contributed by atoms with Crippen LogP contribution in [0.15, 0.2) is 48.7 Å². The number of hydrogen-bond donors (Lipinski definition) is 3. The molecule has 1 amide bonds. The average Bonchev–Trinajstić information content (AvgIpc) is 2.79. The Morgan fingerprint density at radius 3 is 2.87 bits per heavy atom. The van der Waals surface area contributed by atoms with E-state index in [0.29, 0.717) is 6.42 Å². The Balaban J connectivity index is 1.82. The van der Waals surface area contributed by atoms with Gasteiger partial charge in [-0.05, 0) is 30.2 Å². The first kappa shape index (κ1) is 13.9. The summed E-state index contributed by atoms with van der Waals surface area (Å²) in [6.07, 6.45) is 1.35. The molecular weight excluding hydrogens is 286 g/mol. The minimum atomic E-state index is 0.0489. The lowest BCUT2D eigenvalue weighted by Gasteiger charge is -2.17. The number of para-hydroxylation sites is 1. The summed E-state index contributed by atoms with van der Waals surface area (Å²) in [6.45, 7) is 6.03. The molecule has 2 aliphatic rings. The molecule has 4 nitrogen and oxygen atoms in total. The van der Waals surface area contributed by atoms with Gasteiger partial charge in [-0.1, -0.05) is 30.8 Å². The Hall–Kier alpha value is -2.75. The third-order valence-corrected chi connectivity index (χ3v) is 4.36. The molecule has 0 bridgehead atoms. The van der Waals surface area contributed by atoms with Crippen molar-refractivity contribution in [2.24, 2.45) is 0 Å². The van der Waals surface area contributed by atoms with E-state index in [9.17, 15) is 4.79 Å². The number of carbonyl (C=O) groups excluding carboxylic acids is 1. The van der Waals surface area contributed by atoms with Crippen molar-refractivity contribution in [2.45, 2.75) is 25.8 Å². The lowest BCUT2D eigenvalue weighted by atomic mass is 9.99. The van der Waals surface area contributed by atoms with Crippen molar-refractivity contribution in [3.63, 3.8) is 0 Å². The van der Waals surface area contributed by atoms with Gasteiger partial charge in [0.25, 0.3) is 0 Å². The van der Waals surface area contributed by atoms with Gasteiger partial charge < -0.3 is 16.0 Å². The van der Waals surface area contributed by atoms with Gasteiger partial charge in [0, 0.05) is 35.8 Å². The van der Waals surface area contributed by atoms with Gasteiger partial charge in [0.15, 0.2) is 0 Å². The molecule has 0 fully saturated rings. The van der Waals surface area contributed by atoms with Gasteiger partial charge in [0.1, 0.15) is 0 Å². The van der Waals surface area contributed by atoms with Gasteiger partial charge >= 0.3 is 0 Å². The van der Waals surface area contributed by atoms with Crippen molar-refractivity contribution < 1.29 is 4.79 Å². The molecule has 2 aromatic rings. The van der Waals surface area contributed by atoms with Gasteiger partial charge in [-0.15, -0.1) is 0 Å². The molecule has 1 atom stereocenters. The molecule has 0 spiro atoms. The molecule has 2 aromatic carbocycles. The maximum Gasteiger partial charge on any atom is 0.226 e. The molecule has 4 heteroatoms. The number of fused-ring (bicyclic) bond motifs is 2. The normalized spacial score (nSPS) is 19.1. The van der Waals surface area contributed by atoms with Gasteiger partial charge in [-0.25, -0.2) is 0 Å². The standard InChI is InChI=1S/C19H19N3O/c1-11-8-14-7-6-13(10-17(14)20-11)15-4-3-5-16-19(15)21-12(2)9-18(23)22-16/h3-7,10,12,20-21H,1,8-9H2,2H3,(H,22,23)/t12-/m1/s1. The van der Waals surface area contributed by atoms with Crippen molar-refractivity contribution in [3.05, 3.63) is 54.2 Å². The van der Waals surface area contributed by atoms with E-state index in [0.717, 1.165) is 40.3 Å². The summed E-state index contributed by atoms with van der Waals surface area (Å²) in [6, 6.07) is 12.5. The van der Waals surface area contributed by atoms with Gasteiger partial charge in [-0.2, -0.15) is 0 Å². The molecular formula is C19H19N3O. The van der Waals surface area contributed by atoms with E-state index >= 15 is 0 Å². The van der Waals surface area contributed by atoms with E-state index in [-0.39, 0.29) is 11.9 Å². The number of hydrogen-bond acceptors (Lipinski definition) is 3. The maximum absolute atomic E-state index is 11.9. The molecule has 23 heavy (non-hydrogen) atoms. The molecule has 0 radical (unpaired) electrons. The summed E-state index contributed by atoms with van der Waals surface area (Å²) in [7, 11) is 0. The zero-order valence-electron chi connectivity index (χ0n) is 13.1. The molecule has 116 valence electrons. The Labute approximate surface area is 135 Å². The van der Waals surface area contributed by atoms with Crippen LogP contribution in [-0.2, 0) is 11.2 Å². The zero-order chi connectivity index (χ0) is 16.0. The largest absolute Gasteiger partial charge is 0.380 e. The van der Waals surface area contributed by atoms with Gasteiger partial charge in [0.05, 0.1) is 11.4 Å². The number of benzene rings is 2. The van der Waals surface area contributed by atoms with E-state index in [1.807, 2.05) is 19.1 Å². The Kier molecular flexibility index (Phi) is 3.11. The average molecular weight is 305 g/mol. The van der Waals surface area contributed by atoms with E-state index in [1.165, 1.54) is 5.56 Å². The third-order valence-electron chi connectivity index (χ3n) is 4.36. The third kappa shape index (κ3) is 2.46. The van der Waals surface area contributed by atoms with Crippen LogP contribution < -0.4 is 16.0 Å². The molecule has 0 aliphatic carbocycles. The topological polar surface area (TPSA) is 53.2 Å². The van der Waals surface area contributed by atoms with Crippen LogP contribution in [-0.4, -0.2) is 11.9 Å². The second-order valence-electron chi connectivity index (χ2n) is 6.30. The van der Waals surface area contributed by atoms with Crippen LogP contribution in [0.2, 0.25) is 0 Å². The first-order chi connectivity index (χ1) is 11.1. The second-order valence-corrected chi connectivity index (χ2v) is 6.30. The van der Waals surface area contributed by atoms with Crippen molar-refractivity contribution in [2.75, 3.05) is 16.0 Å². The van der Waals surface area contributed by atoms with Crippen LogP contribution in [0.5, 0.6) is 0 Å². The summed E-state index contributed by atoms with van der Waals surface area (Å²) in [4.78, 5) is 11.9. The zero-order valence-corrected chi connectivity index (χ0v) is 13.1. The minimum absolute atomic E-state index is 0.0489. The Morgan fingerprint density at radius 2 is 2.00 bits per heavy atom. The number of carbonyl (C=O) groups is 1. The van der Waals surface area contributed by atoms with Crippen molar-refractivity contribution in [3.8, 4) is 11.1 Å². The summed E-state index contributed by atoms with van der Waals surface area (Å²) in [5.41, 5.74) is 7.48. The highest BCUT2D eigenvalue weighted by Gasteiger charge is 2.21. The monoisotopic (exact) mass is 305 g/mol. The van der Waals surface area contributed by atoms with Crippen LogP contribution in [0.3, 0.4) is 0 Å². The van der Waals surface area contributed by atoms with E-state index in [1.54, 1.807) is 0 Å². The van der Waals surface area contributed by atoms with E-state index in [4.69, 9.17) is 0 Å². The minimum Gasteiger partial charge on any atom is -0.380 e. The fraction of sp³-hybridized carbons (Fsp3) is 0.211. The molecule has 0 saturated carbocycles. The molecule has 0 unspecified atom stereocenters. The molecule has 2 aliphatic heterocycles. The van der Waals surface area contributed by atoms with Crippen LogP contribution in [0.1, 0.15) is 18.9 Å². The summed E-state index contributed by atoms with van der Waals surface area (Å²) in [5.74, 6) is 0.0489.